The Kier molecular flexibility index (Phi) is 7.31. The minimum Gasteiger partial charge on any atom is -0.493 e. The molecule has 170 valence electrons. The van der Waals surface area contributed by atoms with Crippen LogP contribution in [0, 0.1) is 11.3 Å². The largest absolute Gasteiger partial charge is 0.493 e. The van der Waals surface area contributed by atoms with Crippen molar-refractivity contribution in [1.29, 1.82) is 5.26 Å². The molecule has 34 heavy (non-hydrogen) atoms. The number of thioether (sulfide) groups is 1. The quantitative estimate of drug-likeness (QED) is 0.399. The van der Waals surface area contributed by atoms with Crippen LogP contribution in [0.2, 0.25) is 0 Å². The molecule has 0 bridgehead atoms. The first-order valence-corrected chi connectivity index (χ1v) is 11.5. The summed E-state index contributed by atoms with van der Waals surface area (Å²) in [4.78, 5) is 20.6. The fraction of sp³-hybridized carbons (Fsp3) is 0.148. The highest BCUT2D eigenvalue weighted by Crippen LogP contribution is 2.40. The topological polar surface area (TPSA) is 74.9 Å². The molecular weight excluding hydrogens is 446 g/mol. The number of carbonyl (C=O) groups is 1. The molecular formula is C27H23N3O3S. The van der Waals surface area contributed by atoms with Gasteiger partial charge in [-0.25, -0.2) is 4.99 Å². The molecule has 3 aromatic rings. The first kappa shape index (κ1) is 23.1. The zero-order chi connectivity index (χ0) is 23.9. The Morgan fingerprint density at radius 2 is 1.76 bits per heavy atom. The first-order chi connectivity index (χ1) is 16.6. The zero-order valence-corrected chi connectivity index (χ0v) is 19.7. The second kappa shape index (κ2) is 10.7. The molecule has 1 atom stereocenters. The van der Waals surface area contributed by atoms with E-state index in [1.165, 1.54) is 18.9 Å². The fourth-order valence-electron chi connectivity index (χ4n) is 3.55. The molecule has 1 fully saturated rings. The number of ether oxygens (including phenoxy) is 2. The van der Waals surface area contributed by atoms with Gasteiger partial charge in [0.05, 0.1) is 23.7 Å². The lowest BCUT2D eigenvalue weighted by Crippen LogP contribution is -2.32. The molecule has 1 aliphatic rings. The van der Waals surface area contributed by atoms with E-state index in [0.717, 1.165) is 16.8 Å². The van der Waals surface area contributed by atoms with Crippen molar-refractivity contribution < 1.29 is 14.3 Å². The number of methoxy groups -OCH3 is 1. The molecule has 0 aliphatic carbocycles. The minimum absolute atomic E-state index is 0.0726. The van der Waals surface area contributed by atoms with E-state index >= 15 is 0 Å². The van der Waals surface area contributed by atoms with Crippen LogP contribution in [0.3, 0.4) is 0 Å². The van der Waals surface area contributed by atoms with Crippen LogP contribution in [0.4, 0.5) is 5.69 Å². The third-order valence-electron chi connectivity index (χ3n) is 5.26. The summed E-state index contributed by atoms with van der Waals surface area (Å²) in [7, 11) is 1.54. The smallest absolute Gasteiger partial charge is 0.267 e. The van der Waals surface area contributed by atoms with Crippen molar-refractivity contribution in [2.45, 2.75) is 13.0 Å². The molecule has 1 amide bonds. The standard InChI is InChI=1S/C27H23N3O3S/c1-19(21-9-5-3-6-10-21)30-26(31)25(34-27(30)29-22-11-7-4-8-12-22)18-20-13-14-23(33-16-15-28)24(17-20)32-2/h3-14,17-19H,16H2,1-2H3/b25-18+,29-27?/t19-/m0/s1. The third kappa shape index (κ3) is 5.13. The second-order valence-electron chi connectivity index (χ2n) is 7.46. The van der Waals surface area contributed by atoms with Crippen molar-refractivity contribution in [2.24, 2.45) is 4.99 Å². The molecule has 1 saturated heterocycles. The number of nitrogens with zero attached hydrogens (tertiary/aromatic N) is 3. The van der Waals surface area contributed by atoms with Gasteiger partial charge in [0, 0.05) is 0 Å². The highest BCUT2D eigenvalue weighted by Gasteiger charge is 2.37. The molecule has 1 aliphatic heterocycles. The Morgan fingerprint density at radius 3 is 2.44 bits per heavy atom. The summed E-state index contributed by atoms with van der Waals surface area (Å²) < 4.78 is 10.8. The third-order valence-corrected chi connectivity index (χ3v) is 6.25. The number of benzene rings is 3. The van der Waals surface area contributed by atoms with E-state index < -0.39 is 0 Å². The average Bonchev–Trinajstić information content (AvgIpc) is 3.17. The van der Waals surface area contributed by atoms with Gasteiger partial charge in [0.15, 0.2) is 23.3 Å². The lowest BCUT2D eigenvalue weighted by Gasteiger charge is -2.24. The number of hydrogen-bond donors (Lipinski definition) is 0. The number of carbonyl (C=O) groups excluding carboxylic acids is 1. The van der Waals surface area contributed by atoms with Crippen LogP contribution in [0.15, 0.2) is 88.8 Å². The Morgan fingerprint density at radius 1 is 1.06 bits per heavy atom. The van der Waals surface area contributed by atoms with E-state index in [4.69, 9.17) is 19.7 Å². The number of aliphatic imine (C=N–C) groups is 1. The van der Waals surface area contributed by atoms with Crippen LogP contribution in [0.25, 0.3) is 6.08 Å². The second-order valence-corrected chi connectivity index (χ2v) is 8.47. The number of para-hydroxylation sites is 1. The lowest BCUT2D eigenvalue weighted by molar-refractivity contribution is -0.123. The number of rotatable bonds is 7. The molecule has 3 aromatic carbocycles. The molecule has 7 heteroatoms. The van der Waals surface area contributed by atoms with Crippen molar-refractivity contribution in [2.75, 3.05) is 13.7 Å². The summed E-state index contributed by atoms with van der Waals surface area (Å²) in [5, 5.41) is 9.39. The lowest BCUT2D eigenvalue weighted by atomic mass is 10.1. The van der Waals surface area contributed by atoms with E-state index in [0.29, 0.717) is 21.6 Å². The monoisotopic (exact) mass is 469 g/mol. The van der Waals surface area contributed by atoms with E-state index in [2.05, 4.69) is 0 Å². The predicted molar refractivity (Wildman–Crippen MR) is 135 cm³/mol. The van der Waals surface area contributed by atoms with Crippen LogP contribution < -0.4 is 9.47 Å². The molecule has 0 spiro atoms. The summed E-state index contributed by atoms with van der Waals surface area (Å²) in [6, 6.07) is 26.6. The molecule has 0 saturated carbocycles. The van der Waals surface area contributed by atoms with Gasteiger partial charge in [-0.2, -0.15) is 5.26 Å². The van der Waals surface area contributed by atoms with Crippen LogP contribution in [-0.4, -0.2) is 29.7 Å². The normalized spacial score (nSPS) is 16.5. The van der Waals surface area contributed by atoms with E-state index in [-0.39, 0.29) is 18.6 Å². The summed E-state index contributed by atoms with van der Waals surface area (Å²) >= 11 is 1.34. The number of amidine groups is 1. The van der Waals surface area contributed by atoms with Gasteiger partial charge in [-0.3, -0.25) is 9.69 Å². The van der Waals surface area contributed by atoms with Crippen molar-refractivity contribution >= 4 is 34.6 Å². The SMILES string of the molecule is COc1cc(/C=C2/SC(=Nc3ccccc3)N([C@@H](C)c3ccccc3)C2=O)ccc1OCC#N. The Balaban J connectivity index is 1.70. The van der Waals surface area contributed by atoms with Gasteiger partial charge in [0.25, 0.3) is 5.91 Å². The van der Waals surface area contributed by atoms with Gasteiger partial charge in [-0.05, 0) is 60.2 Å². The van der Waals surface area contributed by atoms with Crippen LogP contribution in [-0.2, 0) is 4.79 Å². The molecule has 0 radical (unpaired) electrons. The highest BCUT2D eigenvalue weighted by molar-refractivity contribution is 8.18. The average molecular weight is 470 g/mol. The Hall–Kier alpha value is -4.02. The maximum atomic E-state index is 13.6. The van der Waals surface area contributed by atoms with Crippen molar-refractivity contribution in [3.8, 4) is 17.6 Å². The van der Waals surface area contributed by atoms with Crippen molar-refractivity contribution in [1.82, 2.24) is 4.90 Å². The molecule has 4 rings (SSSR count). The highest BCUT2D eigenvalue weighted by atomic mass is 32.2. The molecule has 0 aromatic heterocycles. The zero-order valence-electron chi connectivity index (χ0n) is 18.8. The number of amides is 1. The minimum atomic E-state index is -0.189. The van der Waals surface area contributed by atoms with Crippen molar-refractivity contribution in [3.63, 3.8) is 0 Å². The van der Waals surface area contributed by atoms with Crippen LogP contribution >= 0.6 is 11.8 Å². The maximum Gasteiger partial charge on any atom is 0.267 e. The molecule has 0 unspecified atom stereocenters. The van der Waals surface area contributed by atoms with Crippen molar-refractivity contribution in [3.05, 3.63) is 94.9 Å². The van der Waals surface area contributed by atoms with Gasteiger partial charge in [0.1, 0.15) is 6.07 Å². The summed E-state index contributed by atoms with van der Waals surface area (Å²) in [5.74, 6) is 0.856. The number of hydrogen-bond acceptors (Lipinski definition) is 6. The predicted octanol–water partition coefficient (Wildman–Crippen LogP) is 5.96. The van der Waals surface area contributed by atoms with Gasteiger partial charge in [-0.15, -0.1) is 0 Å². The fourth-order valence-corrected chi connectivity index (χ4v) is 4.62. The number of nitriles is 1. The van der Waals surface area contributed by atoms with E-state index in [1.54, 1.807) is 17.0 Å². The van der Waals surface area contributed by atoms with Crippen LogP contribution in [0.1, 0.15) is 24.1 Å². The molecule has 6 nitrogen and oxygen atoms in total. The van der Waals surface area contributed by atoms with Gasteiger partial charge in [-0.1, -0.05) is 54.6 Å². The summed E-state index contributed by atoms with van der Waals surface area (Å²) in [6.07, 6.45) is 1.82. The van der Waals surface area contributed by atoms with Gasteiger partial charge >= 0.3 is 0 Å². The summed E-state index contributed by atoms with van der Waals surface area (Å²) in [6.45, 7) is 1.93. The maximum absolute atomic E-state index is 13.6. The Labute approximate surface area is 203 Å². The van der Waals surface area contributed by atoms with Gasteiger partial charge < -0.3 is 9.47 Å². The molecule has 1 heterocycles. The van der Waals surface area contributed by atoms with Gasteiger partial charge in [0.2, 0.25) is 0 Å². The van der Waals surface area contributed by atoms with Crippen LogP contribution in [0.5, 0.6) is 11.5 Å². The molecule has 0 N–H and O–H groups in total. The van der Waals surface area contributed by atoms with E-state index in [1.807, 2.05) is 85.8 Å². The van der Waals surface area contributed by atoms with E-state index in [9.17, 15) is 4.79 Å². The Bertz CT molecular complexity index is 1270. The first-order valence-electron chi connectivity index (χ1n) is 10.7. The summed E-state index contributed by atoms with van der Waals surface area (Å²) in [5.41, 5.74) is 2.59.